The average molecular weight is 727 g/mol. The quantitative estimate of drug-likeness (QED) is 0.0286. The van der Waals surface area contributed by atoms with Crippen molar-refractivity contribution < 1.29 is 29.3 Å². The standard InChI is InChI=1S/C46H78O6/c1-3-5-7-8-9-10-11-12-13-14-15-16-19-23-26-29-32-36-40-46(50)52-44(41-47)42-51-45(49)39-35-31-28-25-22-20-17-18-21-24-27-30-34-38-43(48)37-33-6-4-2/h6,18,20-22,27-28,30-31,33-34,38,43-44,47-48H,3-5,7-17,19,23-26,29,32,35-37,39-42H2,1-2H3/b21-18-,22-20-,30-27+,31-28-,33-6-,38-34+/t43?,44-/m0/s1. The Morgan fingerprint density at radius 1 is 0.558 bits per heavy atom. The zero-order chi connectivity index (χ0) is 38.0. The molecule has 0 fully saturated rings. The molecule has 6 heteroatoms. The Kier molecular flexibility index (Phi) is 38.9. The number of carbonyl (C=O) groups excluding carboxylic acids is 2. The van der Waals surface area contributed by atoms with Crippen molar-refractivity contribution in [2.24, 2.45) is 0 Å². The van der Waals surface area contributed by atoms with Gasteiger partial charge >= 0.3 is 11.9 Å². The molecular formula is C46H78O6. The Morgan fingerprint density at radius 3 is 1.58 bits per heavy atom. The molecule has 6 nitrogen and oxygen atoms in total. The number of unbranched alkanes of at least 4 members (excludes halogenated alkanes) is 17. The Labute approximate surface area is 319 Å². The highest BCUT2D eigenvalue weighted by atomic mass is 16.6. The maximum atomic E-state index is 12.2. The first kappa shape index (κ1) is 49.3. The molecule has 0 heterocycles. The molecule has 0 saturated heterocycles. The van der Waals surface area contributed by atoms with Gasteiger partial charge in [0.2, 0.25) is 0 Å². The van der Waals surface area contributed by atoms with Crippen LogP contribution in [0.1, 0.15) is 181 Å². The molecule has 0 spiro atoms. The number of hydrogen-bond acceptors (Lipinski definition) is 6. The molecule has 0 aromatic heterocycles. The van der Waals surface area contributed by atoms with Crippen molar-refractivity contribution in [1.29, 1.82) is 0 Å². The Hall–Kier alpha value is -2.70. The highest BCUT2D eigenvalue weighted by Crippen LogP contribution is 2.15. The molecule has 0 amide bonds. The van der Waals surface area contributed by atoms with Crippen LogP contribution in [0.25, 0.3) is 0 Å². The summed E-state index contributed by atoms with van der Waals surface area (Å²) in [5, 5.41) is 19.4. The van der Waals surface area contributed by atoms with E-state index in [9.17, 15) is 19.8 Å². The fourth-order valence-electron chi connectivity index (χ4n) is 5.66. The Bertz CT molecular complexity index is 975. The summed E-state index contributed by atoms with van der Waals surface area (Å²) in [6.07, 6.45) is 51.7. The molecule has 0 aliphatic carbocycles. The molecule has 0 aromatic carbocycles. The van der Waals surface area contributed by atoms with E-state index in [2.05, 4.69) is 50.3 Å². The van der Waals surface area contributed by atoms with E-state index in [1.165, 1.54) is 96.3 Å². The molecule has 0 radical (unpaired) electrons. The average Bonchev–Trinajstić information content (AvgIpc) is 3.14. The van der Waals surface area contributed by atoms with E-state index in [1.807, 2.05) is 30.4 Å². The summed E-state index contributed by atoms with van der Waals surface area (Å²) < 4.78 is 10.5. The number of aliphatic hydroxyl groups is 2. The molecule has 1 unspecified atom stereocenters. The van der Waals surface area contributed by atoms with Crippen LogP contribution in [0.2, 0.25) is 0 Å². The van der Waals surface area contributed by atoms with Gasteiger partial charge in [0.1, 0.15) is 6.61 Å². The summed E-state index contributed by atoms with van der Waals surface area (Å²) in [6, 6.07) is 0. The van der Waals surface area contributed by atoms with E-state index < -0.39 is 12.2 Å². The van der Waals surface area contributed by atoms with Crippen molar-refractivity contribution in [2.75, 3.05) is 13.2 Å². The summed E-state index contributed by atoms with van der Waals surface area (Å²) in [4.78, 5) is 24.3. The molecule has 2 atom stereocenters. The van der Waals surface area contributed by atoms with Crippen LogP contribution in [0.5, 0.6) is 0 Å². The van der Waals surface area contributed by atoms with Crippen LogP contribution in [0.15, 0.2) is 72.9 Å². The van der Waals surface area contributed by atoms with Gasteiger partial charge in [-0.3, -0.25) is 9.59 Å². The van der Waals surface area contributed by atoms with E-state index in [-0.39, 0.29) is 31.6 Å². The van der Waals surface area contributed by atoms with E-state index >= 15 is 0 Å². The fourth-order valence-corrected chi connectivity index (χ4v) is 5.66. The van der Waals surface area contributed by atoms with Crippen molar-refractivity contribution in [3.63, 3.8) is 0 Å². The summed E-state index contributed by atoms with van der Waals surface area (Å²) in [7, 11) is 0. The molecule has 298 valence electrons. The topological polar surface area (TPSA) is 93.1 Å². The number of allylic oxidation sites excluding steroid dienone is 10. The number of esters is 2. The molecule has 0 saturated carbocycles. The lowest BCUT2D eigenvalue weighted by molar-refractivity contribution is -0.161. The van der Waals surface area contributed by atoms with Gasteiger partial charge in [-0.25, -0.2) is 0 Å². The van der Waals surface area contributed by atoms with Gasteiger partial charge in [-0.2, -0.15) is 0 Å². The minimum Gasteiger partial charge on any atom is -0.462 e. The van der Waals surface area contributed by atoms with E-state index in [0.717, 1.165) is 44.9 Å². The van der Waals surface area contributed by atoms with Gasteiger partial charge in [0.15, 0.2) is 6.10 Å². The van der Waals surface area contributed by atoms with E-state index in [4.69, 9.17) is 9.47 Å². The van der Waals surface area contributed by atoms with Crippen molar-refractivity contribution in [3.05, 3.63) is 72.9 Å². The van der Waals surface area contributed by atoms with Gasteiger partial charge in [0.25, 0.3) is 0 Å². The highest BCUT2D eigenvalue weighted by molar-refractivity contribution is 5.70. The third-order valence-electron chi connectivity index (χ3n) is 8.86. The number of hydrogen-bond donors (Lipinski definition) is 2. The van der Waals surface area contributed by atoms with Crippen LogP contribution in [-0.2, 0) is 19.1 Å². The SMILES string of the molecule is CC/C=C\CC(O)/C=C/C=C/C/C=C\C/C=C\C/C=C\CCC(=O)OC[C@H](CO)OC(=O)CCCCCCCCCCCCCCCCCCCC. The van der Waals surface area contributed by atoms with E-state index in [0.29, 0.717) is 19.3 Å². The summed E-state index contributed by atoms with van der Waals surface area (Å²) in [5.74, 6) is -0.709. The lowest BCUT2D eigenvalue weighted by atomic mass is 10.0. The number of ether oxygens (including phenoxy) is 2. The lowest BCUT2D eigenvalue weighted by Crippen LogP contribution is -2.28. The Balaban J connectivity index is 3.70. The second-order valence-corrected chi connectivity index (χ2v) is 13.9. The molecule has 0 rings (SSSR count). The first-order valence-corrected chi connectivity index (χ1v) is 21.1. The number of carbonyl (C=O) groups is 2. The smallest absolute Gasteiger partial charge is 0.306 e. The predicted molar refractivity (Wildman–Crippen MR) is 220 cm³/mol. The van der Waals surface area contributed by atoms with Crippen LogP contribution in [0.4, 0.5) is 0 Å². The van der Waals surface area contributed by atoms with Crippen LogP contribution in [-0.4, -0.2) is 47.6 Å². The maximum absolute atomic E-state index is 12.2. The van der Waals surface area contributed by atoms with Crippen molar-refractivity contribution in [1.82, 2.24) is 0 Å². The monoisotopic (exact) mass is 727 g/mol. The van der Waals surface area contributed by atoms with Crippen LogP contribution in [0.3, 0.4) is 0 Å². The van der Waals surface area contributed by atoms with Crippen molar-refractivity contribution in [2.45, 2.75) is 193 Å². The number of rotatable bonds is 37. The van der Waals surface area contributed by atoms with Crippen LogP contribution < -0.4 is 0 Å². The van der Waals surface area contributed by atoms with Gasteiger partial charge in [0, 0.05) is 12.8 Å². The maximum Gasteiger partial charge on any atom is 0.306 e. The largest absolute Gasteiger partial charge is 0.462 e. The van der Waals surface area contributed by atoms with Crippen molar-refractivity contribution in [3.8, 4) is 0 Å². The fraction of sp³-hybridized carbons (Fsp3) is 0.696. The van der Waals surface area contributed by atoms with E-state index in [1.54, 1.807) is 6.08 Å². The summed E-state index contributed by atoms with van der Waals surface area (Å²) in [6.45, 7) is 3.87. The van der Waals surface area contributed by atoms with Crippen LogP contribution in [0, 0.1) is 0 Å². The van der Waals surface area contributed by atoms with Gasteiger partial charge in [-0.1, -0.05) is 196 Å². The normalized spacial score (nSPS) is 13.5. The zero-order valence-corrected chi connectivity index (χ0v) is 33.4. The van der Waals surface area contributed by atoms with Crippen LogP contribution >= 0.6 is 0 Å². The number of aliphatic hydroxyl groups excluding tert-OH is 2. The molecule has 0 aliphatic rings. The second kappa shape index (κ2) is 41.1. The molecule has 0 aliphatic heterocycles. The predicted octanol–water partition coefficient (Wildman–Crippen LogP) is 12.3. The third kappa shape index (κ3) is 38.5. The second-order valence-electron chi connectivity index (χ2n) is 13.9. The first-order valence-electron chi connectivity index (χ1n) is 21.1. The first-order chi connectivity index (χ1) is 25.5. The lowest BCUT2D eigenvalue weighted by Gasteiger charge is -2.15. The van der Waals surface area contributed by atoms with Gasteiger partial charge in [0.05, 0.1) is 12.7 Å². The molecular weight excluding hydrogens is 648 g/mol. The molecule has 0 aromatic rings. The Morgan fingerprint density at radius 2 is 1.06 bits per heavy atom. The summed E-state index contributed by atoms with van der Waals surface area (Å²) >= 11 is 0. The van der Waals surface area contributed by atoms with Gasteiger partial charge in [-0.05, 0) is 44.9 Å². The molecule has 52 heavy (non-hydrogen) atoms. The summed E-state index contributed by atoms with van der Waals surface area (Å²) in [5.41, 5.74) is 0. The van der Waals surface area contributed by atoms with Gasteiger partial charge in [-0.15, -0.1) is 0 Å². The third-order valence-corrected chi connectivity index (χ3v) is 8.86. The zero-order valence-electron chi connectivity index (χ0n) is 33.4. The minimum absolute atomic E-state index is 0.118. The molecule has 0 bridgehead atoms. The molecule has 2 N–H and O–H groups in total. The minimum atomic E-state index is -0.813. The highest BCUT2D eigenvalue weighted by Gasteiger charge is 2.15. The van der Waals surface area contributed by atoms with Crippen molar-refractivity contribution >= 4 is 11.9 Å². The van der Waals surface area contributed by atoms with Gasteiger partial charge < -0.3 is 19.7 Å².